The summed E-state index contributed by atoms with van der Waals surface area (Å²) in [7, 11) is 0. The number of ether oxygens (including phenoxy) is 1. The molecule has 2 rings (SSSR count). The Morgan fingerprint density at radius 2 is 1.80 bits per heavy atom. The molecule has 0 bridgehead atoms. The van der Waals surface area contributed by atoms with Crippen molar-refractivity contribution in [1.29, 1.82) is 0 Å². The van der Waals surface area contributed by atoms with Crippen LogP contribution in [0.5, 0.6) is 5.88 Å². The highest BCUT2D eigenvalue weighted by Crippen LogP contribution is 2.28. The zero-order valence-electron chi connectivity index (χ0n) is 10.5. The topological polar surface area (TPSA) is 39.2 Å². The Kier molecular flexibility index (Phi) is 4.02. The molecule has 0 atom stereocenters. The molecule has 104 valence electrons. The van der Waals surface area contributed by atoms with Crippen molar-refractivity contribution in [3.8, 4) is 17.0 Å². The number of benzene rings is 1. The number of nitrogens with zero attached hydrogens (tertiary/aromatic N) is 1. The van der Waals surface area contributed by atoms with Gasteiger partial charge in [0.05, 0.1) is 6.61 Å². The van der Waals surface area contributed by atoms with Gasteiger partial charge in [-0.25, -0.2) is 18.2 Å². The van der Waals surface area contributed by atoms with E-state index in [-0.39, 0.29) is 22.7 Å². The standard InChI is InChI=1S/C14H10F3NO2/c1-2-20-12-6-4-8(11(7-19)18-12)9-3-5-10(15)14(17)13(9)16/h3-7H,2H2,1H3. The molecule has 1 heterocycles. The molecule has 0 radical (unpaired) electrons. The number of hydrogen-bond acceptors (Lipinski definition) is 3. The van der Waals surface area contributed by atoms with Crippen LogP contribution in [0.15, 0.2) is 24.3 Å². The fraction of sp³-hybridized carbons (Fsp3) is 0.143. The Morgan fingerprint density at radius 3 is 2.45 bits per heavy atom. The lowest BCUT2D eigenvalue weighted by molar-refractivity contribution is 0.111. The highest BCUT2D eigenvalue weighted by molar-refractivity contribution is 5.85. The van der Waals surface area contributed by atoms with E-state index in [1.165, 1.54) is 12.1 Å². The van der Waals surface area contributed by atoms with Gasteiger partial charge in [0.25, 0.3) is 0 Å². The van der Waals surface area contributed by atoms with Crippen molar-refractivity contribution in [2.75, 3.05) is 6.61 Å². The fourth-order valence-electron chi connectivity index (χ4n) is 1.74. The van der Waals surface area contributed by atoms with E-state index in [0.29, 0.717) is 12.9 Å². The Hall–Kier alpha value is -2.37. The van der Waals surface area contributed by atoms with Gasteiger partial charge in [0.15, 0.2) is 23.7 Å². The fourth-order valence-corrected chi connectivity index (χ4v) is 1.74. The average Bonchev–Trinajstić information content (AvgIpc) is 2.46. The molecule has 0 aliphatic rings. The SMILES string of the molecule is CCOc1ccc(-c2ccc(F)c(F)c2F)c(C=O)n1. The summed E-state index contributed by atoms with van der Waals surface area (Å²) in [5.74, 6) is -4.05. The number of carbonyl (C=O) groups is 1. The molecule has 0 amide bonds. The molecule has 6 heteroatoms. The summed E-state index contributed by atoms with van der Waals surface area (Å²) in [6.07, 6.45) is 0.401. The van der Waals surface area contributed by atoms with Crippen molar-refractivity contribution in [3.05, 3.63) is 47.4 Å². The van der Waals surface area contributed by atoms with E-state index in [0.717, 1.165) is 12.1 Å². The third-order valence-corrected chi connectivity index (χ3v) is 2.63. The predicted molar refractivity (Wildman–Crippen MR) is 66.1 cm³/mol. The van der Waals surface area contributed by atoms with Crippen molar-refractivity contribution < 1.29 is 22.7 Å². The molecule has 0 N–H and O–H groups in total. The molecule has 20 heavy (non-hydrogen) atoms. The lowest BCUT2D eigenvalue weighted by atomic mass is 10.0. The molecule has 0 aliphatic heterocycles. The lowest BCUT2D eigenvalue weighted by Crippen LogP contribution is -2.01. The van der Waals surface area contributed by atoms with Gasteiger partial charge in [-0.2, -0.15) is 0 Å². The van der Waals surface area contributed by atoms with Crippen molar-refractivity contribution >= 4 is 6.29 Å². The first-order valence-electron chi connectivity index (χ1n) is 5.81. The first-order chi connectivity index (χ1) is 9.58. The van der Waals surface area contributed by atoms with Crippen LogP contribution in [0.2, 0.25) is 0 Å². The third kappa shape index (κ3) is 2.49. The van der Waals surface area contributed by atoms with Gasteiger partial charge in [0.2, 0.25) is 5.88 Å². The largest absolute Gasteiger partial charge is 0.478 e. The molecule has 3 nitrogen and oxygen atoms in total. The number of aromatic nitrogens is 1. The van der Waals surface area contributed by atoms with E-state index in [9.17, 15) is 18.0 Å². The normalized spacial score (nSPS) is 10.4. The van der Waals surface area contributed by atoms with Gasteiger partial charge in [0.1, 0.15) is 5.69 Å². The Bertz CT molecular complexity index is 659. The van der Waals surface area contributed by atoms with E-state index >= 15 is 0 Å². The van der Waals surface area contributed by atoms with Gasteiger partial charge >= 0.3 is 0 Å². The van der Waals surface area contributed by atoms with Gasteiger partial charge in [-0.05, 0) is 25.1 Å². The van der Waals surface area contributed by atoms with Crippen molar-refractivity contribution in [2.24, 2.45) is 0 Å². The molecule has 1 aromatic heterocycles. The van der Waals surface area contributed by atoms with Crippen LogP contribution < -0.4 is 4.74 Å². The minimum absolute atomic E-state index is 0.0693. The molecule has 0 aliphatic carbocycles. The maximum atomic E-state index is 13.7. The number of hydrogen-bond donors (Lipinski definition) is 0. The Labute approximate surface area is 113 Å². The zero-order chi connectivity index (χ0) is 14.7. The third-order valence-electron chi connectivity index (χ3n) is 2.63. The molecular formula is C14H10F3NO2. The van der Waals surface area contributed by atoms with E-state index in [4.69, 9.17) is 4.74 Å². The van der Waals surface area contributed by atoms with Crippen LogP contribution in [0.3, 0.4) is 0 Å². The maximum absolute atomic E-state index is 13.7. The molecule has 1 aromatic carbocycles. The predicted octanol–water partition coefficient (Wildman–Crippen LogP) is 3.38. The summed E-state index contributed by atoms with van der Waals surface area (Å²) < 4.78 is 45.0. The zero-order valence-corrected chi connectivity index (χ0v) is 10.5. The van der Waals surface area contributed by atoms with Gasteiger partial charge in [0, 0.05) is 17.2 Å². The maximum Gasteiger partial charge on any atom is 0.213 e. The molecule has 0 saturated carbocycles. The first-order valence-corrected chi connectivity index (χ1v) is 5.81. The smallest absolute Gasteiger partial charge is 0.213 e. The first kappa shape index (κ1) is 14.0. The molecule has 0 spiro atoms. The van der Waals surface area contributed by atoms with Gasteiger partial charge in [-0.3, -0.25) is 4.79 Å². The second-order valence-electron chi connectivity index (χ2n) is 3.86. The number of halogens is 3. The van der Waals surface area contributed by atoms with Gasteiger partial charge < -0.3 is 4.74 Å². The van der Waals surface area contributed by atoms with Crippen LogP contribution in [0.25, 0.3) is 11.1 Å². The van der Waals surface area contributed by atoms with E-state index in [2.05, 4.69) is 4.98 Å². The van der Waals surface area contributed by atoms with Crippen LogP contribution in [-0.4, -0.2) is 17.9 Å². The molecule has 2 aromatic rings. The number of pyridine rings is 1. The Morgan fingerprint density at radius 1 is 1.10 bits per heavy atom. The summed E-state index contributed by atoms with van der Waals surface area (Å²) in [4.78, 5) is 14.9. The van der Waals surface area contributed by atoms with Crippen LogP contribution in [0.1, 0.15) is 17.4 Å². The summed E-state index contributed by atoms with van der Waals surface area (Å²) in [6, 6.07) is 4.64. The monoisotopic (exact) mass is 281 g/mol. The van der Waals surface area contributed by atoms with Crippen LogP contribution in [-0.2, 0) is 0 Å². The van der Waals surface area contributed by atoms with E-state index < -0.39 is 17.5 Å². The molecule has 0 fully saturated rings. The summed E-state index contributed by atoms with van der Waals surface area (Å²) in [6.45, 7) is 2.09. The van der Waals surface area contributed by atoms with E-state index in [1.54, 1.807) is 6.92 Å². The van der Waals surface area contributed by atoms with Crippen molar-refractivity contribution in [3.63, 3.8) is 0 Å². The Balaban J connectivity index is 2.58. The number of carbonyl (C=O) groups excluding carboxylic acids is 1. The highest BCUT2D eigenvalue weighted by Gasteiger charge is 2.18. The van der Waals surface area contributed by atoms with Crippen LogP contribution in [0, 0.1) is 17.5 Å². The minimum atomic E-state index is -1.59. The number of aldehydes is 1. The van der Waals surface area contributed by atoms with Gasteiger partial charge in [-0.1, -0.05) is 0 Å². The second-order valence-corrected chi connectivity index (χ2v) is 3.86. The molecule has 0 unspecified atom stereocenters. The second kappa shape index (κ2) is 5.73. The van der Waals surface area contributed by atoms with E-state index in [1.807, 2.05) is 0 Å². The summed E-state index contributed by atoms with van der Waals surface area (Å²) >= 11 is 0. The minimum Gasteiger partial charge on any atom is -0.478 e. The molecule has 0 saturated heterocycles. The highest BCUT2D eigenvalue weighted by atomic mass is 19.2. The average molecular weight is 281 g/mol. The van der Waals surface area contributed by atoms with Crippen LogP contribution >= 0.6 is 0 Å². The van der Waals surface area contributed by atoms with Crippen LogP contribution in [0.4, 0.5) is 13.2 Å². The summed E-state index contributed by atoms with van der Waals surface area (Å²) in [5.41, 5.74) is -0.276. The van der Waals surface area contributed by atoms with Crippen molar-refractivity contribution in [2.45, 2.75) is 6.92 Å². The quantitative estimate of drug-likeness (QED) is 0.637. The van der Waals surface area contributed by atoms with Gasteiger partial charge in [-0.15, -0.1) is 0 Å². The summed E-state index contributed by atoms with van der Waals surface area (Å²) in [5, 5.41) is 0. The molecular weight excluding hydrogens is 271 g/mol. The number of rotatable bonds is 4. The lowest BCUT2D eigenvalue weighted by Gasteiger charge is -2.09. The van der Waals surface area contributed by atoms with Crippen molar-refractivity contribution in [1.82, 2.24) is 4.98 Å².